The van der Waals surface area contributed by atoms with E-state index in [0.717, 1.165) is 0 Å². The van der Waals surface area contributed by atoms with E-state index >= 15 is 0 Å². The second-order valence-corrected chi connectivity index (χ2v) is 6.67. The lowest BCUT2D eigenvalue weighted by Gasteiger charge is -2.05. The van der Waals surface area contributed by atoms with Gasteiger partial charge in [-0.05, 0) is 35.7 Å². The maximum Gasteiger partial charge on any atom is 0.269 e. The highest BCUT2D eigenvalue weighted by Gasteiger charge is 2.08. The number of nitrogens with zero attached hydrogens (tertiary/aromatic N) is 1. The molecule has 0 saturated heterocycles. The first-order valence-electron chi connectivity index (χ1n) is 6.27. The molecule has 0 bridgehead atoms. The van der Waals surface area contributed by atoms with E-state index < -0.39 is 0 Å². The Bertz CT molecular complexity index is 874. The van der Waals surface area contributed by atoms with Crippen LogP contribution in [0, 0.1) is 0 Å². The van der Waals surface area contributed by atoms with Gasteiger partial charge in [-0.2, -0.15) is 0 Å². The van der Waals surface area contributed by atoms with Crippen molar-refractivity contribution in [2.24, 2.45) is 0 Å². The van der Waals surface area contributed by atoms with Crippen LogP contribution < -0.4 is 10.9 Å². The normalized spacial score (nSPS) is 10.8. The van der Waals surface area contributed by atoms with Gasteiger partial charge in [0.1, 0.15) is 4.70 Å². The Balaban J connectivity index is 1.64. The van der Waals surface area contributed by atoms with Gasteiger partial charge in [-0.15, -0.1) is 11.3 Å². The number of aromatic nitrogens is 2. The summed E-state index contributed by atoms with van der Waals surface area (Å²) in [5.74, 6) is -0.0262. The summed E-state index contributed by atoms with van der Waals surface area (Å²) in [5, 5.41) is 5.61. The molecule has 112 valence electrons. The minimum absolute atomic E-state index is 0.154. The molecular weight excluding hydrogens is 342 g/mol. The average Bonchev–Trinajstić information content (AvgIpc) is 2.97. The van der Waals surface area contributed by atoms with Crippen molar-refractivity contribution in [2.75, 3.05) is 11.1 Å². The largest absolute Gasteiger partial charge is 0.325 e. The smallest absolute Gasteiger partial charge is 0.269 e. The van der Waals surface area contributed by atoms with Crippen molar-refractivity contribution >= 4 is 56.5 Å². The number of thiophene rings is 1. The lowest BCUT2D eigenvalue weighted by atomic mass is 10.3. The molecule has 0 aliphatic carbocycles. The SMILES string of the molecule is O=C(CSc1nc2ccsc2c(=O)[nH]1)Nc1ccc(Cl)cc1. The van der Waals surface area contributed by atoms with Crippen molar-refractivity contribution in [1.29, 1.82) is 0 Å². The molecule has 0 spiro atoms. The first-order chi connectivity index (χ1) is 10.6. The van der Waals surface area contributed by atoms with Crippen molar-refractivity contribution in [3.63, 3.8) is 0 Å². The maximum absolute atomic E-state index is 11.9. The molecule has 1 aromatic carbocycles. The Morgan fingerprint density at radius 2 is 2.09 bits per heavy atom. The van der Waals surface area contributed by atoms with E-state index in [9.17, 15) is 9.59 Å². The molecule has 3 rings (SSSR count). The summed E-state index contributed by atoms with van der Waals surface area (Å²) in [4.78, 5) is 30.7. The van der Waals surface area contributed by atoms with Crippen LogP contribution >= 0.6 is 34.7 Å². The lowest BCUT2D eigenvalue weighted by Crippen LogP contribution is -2.15. The van der Waals surface area contributed by atoms with Crippen LogP contribution in [-0.2, 0) is 4.79 Å². The summed E-state index contributed by atoms with van der Waals surface area (Å²) in [6.07, 6.45) is 0. The number of thioether (sulfide) groups is 1. The molecule has 1 amide bonds. The predicted molar refractivity (Wildman–Crippen MR) is 91.0 cm³/mol. The van der Waals surface area contributed by atoms with Crippen molar-refractivity contribution < 1.29 is 4.79 Å². The standard InChI is InChI=1S/C14H10ClN3O2S2/c15-8-1-3-9(4-2-8)16-11(19)7-22-14-17-10-5-6-21-12(10)13(20)18-14/h1-6H,7H2,(H,16,19)(H,17,18,20). The summed E-state index contributed by atoms with van der Waals surface area (Å²) in [6.45, 7) is 0. The first-order valence-corrected chi connectivity index (χ1v) is 8.52. The average molecular weight is 352 g/mol. The second-order valence-electron chi connectivity index (χ2n) is 4.35. The number of aromatic amines is 1. The molecule has 0 saturated carbocycles. The third-order valence-electron chi connectivity index (χ3n) is 2.76. The van der Waals surface area contributed by atoms with Crippen LogP contribution in [0.3, 0.4) is 0 Å². The molecule has 8 heteroatoms. The van der Waals surface area contributed by atoms with E-state index in [1.54, 1.807) is 30.3 Å². The molecule has 3 aromatic rings. The summed E-state index contributed by atoms with van der Waals surface area (Å²) in [6, 6.07) is 8.64. The highest BCUT2D eigenvalue weighted by molar-refractivity contribution is 7.99. The Morgan fingerprint density at radius 3 is 2.86 bits per heavy atom. The van der Waals surface area contributed by atoms with Gasteiger partial charge >= 0.3 is 0 Å². The number of carbonyl (C=O) groups excluding carboxylic acids is 1. The van der Waals surface area contributed by atoms with Gasteiger partial charge in [0.15, 0.2) is 5.16 Å². The predicted octanol–water partition coefficient (Wildman–Crippen LogP) is 3.37. The molecule has 0 radical (unpaired) electrons. The van der Waals surface area contributed by atoms with Crippen LogP contribution in [-0.4, -0.2) is 21.6 Å². The molecule has 2 heterocycles. The molecule has 5 nitrogen and oxygen atoms in total. The molecule has 0 fully saturated rings. The van der Waals surface area contributed by atoms with E-state index in [-0.39, 0.29) is 17.2 Å². The molecule has 0 aliphatic heterocycles. The van der Waals surface area contributed by atoms with Gasteiger partial charge in [-0.25, -0.2) is 4.98 Å². The minimum Gasteiger partial charge on any atom is -0.325 e. The van der Waals surface area contributed by atoms with Gasteiger partial charge in [-0.3, -0.25) is 9.59 Å². The number of hydrogen-bond donors (Lipinski definition) is 2. The maximum atomic E-state index is 11.9. The number of amides is 1. The van der Waals surface area contributed by atoms with Gasteiger partial charge in [0.05, 0.1) is 11.3 Å². The van der Waals surface area contributed by atoms with E-state index in [1.165, 1.54) is 23.1 Å². The summed E-state index contributed by atoms with van der Waals surface area (Å²) in [5.41, 5.74) is 1.14. The number of rotatable bonds is 4. The Morgan fingerprint density at radius 1 is 1.32 bits per heavy atom. The molecular formula is C14H10ClN3O2S2. The zero-order valence-corrected chi connectivity index (χ0v) is 13.5. The van der Waals surface area contributed by atoms with Crippen molar-refractivity contribution in [1.82, 2.24) is 9.97 Å². The van der Waals surface area contributed by atoms with Crippen LogP contribution in [0.15, 0.2) is 45.7 Å². The van der Waals surface area contributed by atoms with E-state index in [0.29, 0.717) is 26.1 Å². The van der Waals surface area contributed by atoms with Crippen molar-refractivity contribution in [2.45, 2.75) is 5.16 Å². The van der Waals surface area contributed by atoms with Crippen molar-refractivity contribution in [3.8, 4) is 0 Å². The number of halogens is 1. The van der Waals surface area contributed by atoms with E-state index in [1.807, 2.05) is 5.38 Å². The second kappa shape index (κ2) is 6.51. The summed E-state index contributed by atoms with van der Waals surface area (Å²) in [7, 11) is 0. The van der Waals surface area contributed by atoms with E-state index in [2.05, 4.69) is 15.3 Å². The Hall–Kier alpha value is -1.83. The monoisotopic (exact) mass is 351 g/mol. The third-order valence-corrected chi connectivity index (χ3v) is 4.79. The summed E-state index contributed by atoms with van der Waals surface area (Å²) < 4.78 is 0.593. The first kappa shape index (κ1) is 15.1. The van der Waals surface area contributed by atoms with Crippen molar-refractivity contribution in [3.05, 3.63) is 51.1 Å². The molecule has 2 N–H and O–H groups in total. The number of anilines is 1. The highest BCUT2D eigenvalue weighted by atomic mass is 35.5. The Labute approximate surface area is 138 Å². The van der Waals surface area contributed by atoms with Gasteiger partial charge in [0.2, 0.25) is 5.91 Å². The molecule has 0 unspecified atom stereocenters. The number of benzene rings is 1. The van der Waals surface area contributed by atoms with Crippen LogP contribution in [0.1, 0.15) is 0 Å². The fourth-order valence-corrected chi connectivity index (χ4v) is 3.30. The third kappa shape index (κ3) is 3.49. The van der Waals surface area contributed by atoms with Crippen LogP contribution in [0.4, 0.5) is 5.69 Å². The molecule has 0 atom stereocenters. The topological polar surface area (TPSA) is 74.8 Å². The number of H-pyrrole nitrogens is 1. The molecule has 0 aliphatic rings. The number of carbonyl (C=O) groups is 1. The minimum atomic E-state index is -0.180. The number of fused-ring (bicyclic) bond motifs is 1. The summed E-state index contributed by atoms with van der Waals surface area (Å²) >= 11 is 8.31. The highest BCUT2D eigenvalue weighted by Crippen LogP contribution is 2.19. The zero-order valence-electron chi connectivity index (χ0n) is 11.1. The van der Waals surface area contributed by atoms with E-state index in [4.69, 9.17) is 11.6 Å². The van der Waals surface area contributed by atoms with Crippen LogP contribution in [0.5, 0.6) is 0 Å². The molecule has 2 aromatic heterocycles. The zero-order chi connectivity index (χ0) is 15.5. The van der Waals surface area contributed by atoms with Gasteiger partial charge < -0.3 is 10.3 Å². The quantitative estimate of drug-likeness (QED) is 0.558. The number of nitrogens with one attached hydrogen (secondary N) is 2. The van der Waals surface area contributed by atoms with Crippen LogP contribution in [0.25, 0.3) is 10.2 Å². The lowest BCUT2D eigenvalue weighted by molar-refractivity contribution is -0.113. The molecule has 22 heavy (non-hydrogen) atoms. The van der Waals surface area contributed by atoms with Crippen LogP contribution in [0.2, 0.25) is 5.02 Å². The fraction of sp³-hybridized carbons (Fsp3) is 0.0714. The Kier molecular flexibility index (Phi) is 4.47. The van der Waals surface area contributed by atoms with Gasteiger partial charge in [0.25, 0.3) is 5.56 Å². The fourth-order valence-electron chi connectivity index (χ4n) is 1.78. The number of hydrogen-bond acceptors (Lipinski definition) is 5. The van der Waals surface area contributed by atoms with Gasteiger partial charge in [-0.1, -0.05) is 23.4 Å². The van der Waals surface area contributed by atoms with Gasteiger partial charge in [0, 0.05) is 10.7 Å².